The van der Waals surface area contributed by atoms with Gasteiger partial charge in [0.2, 0.25) is 5.91 Å². The molecule has 154 valence electrons. The van der Waals surface area contributed by atoms with Gasteiger partial charge in [0.05, 0.1) is 24.4 Å². The third-order valence-corrected chi connectivity index (χ3v) is 6.12. The Labute approximate surface area is 164 Å². The van der Waals surface area contributed by atoms with Crippen LogP contribution in [-0.2, 0) is 30.8 Å². The fraction of sp³-hybridized carbons (Fsp3) is 0.737. The molecule has 3 fully saturated rings. The van der Waals surface area contributed by atoms with E-state index in [1.807, 2.05) is 18.1 Å². The summed E-state index contributed by atoms with van der Waals surface area (Å²) in [5.41, 5.74) is 0.610. The lowest BCUT2D eigenvalue weighted by Gasteiger charge is -2.39. The van der Waals surface area contributed by atoms with Gasteiger partial charge in [-0.05, 0) is 19.3 Å². The molecule has 0 bridgehead atoms. The van der Waals surface area contributed by atoms with Crippen molar-refractivity contribution in [1.82, 2.24) is 19.6 Å². The molecule has 1 spiro atoms. The van der Waals surface area contributed by atoms with Crippen molar-refractivity contribution in [1.29, 1.82) is 0 Å². The van der Waals surface area contributed by atoms with Crippen LogP contribution in [-0.4, -0.2) is 89.7 Å². The van der Waals surface area contributed by atoms with Gasteiger partial charge in [-0.25, -0.2) is 0 Å². The molecule has 0 aliphatic carbocycles. The third-order valence-electron chi connectivity index (χ3n) is 6.12. The van der Waals surface area contributed by atoms with Crippen molar-refractivity contribution in [3.8, 4) is 0 Å². The van der Waals surface area contributed by atoms with E-state index in [4.69, 9.17) is 14.2 Å². The van der Waals surface area contributed by atoms with Crippen LogP contribution in [0.25, 0.3) is 0 Å². The Morgan fingerprint density at radius 1 is 1.18 bits per heavy atom. The summed E-state index contributed by atoms with van der Waals surface area (Å²) in [6.07, 6.45) is 5.30. The first kappa shape index (κ1) is 19.4. The highest BCUT2D eigenvalue weighted by molar-refractivity contribution is 5.86. The van der Waals surface area contributed by atoms with E-state index in [1.165, 1.54) is 0 Å². The van der Waals surface area contributed by atoms with Crippen molar-refractivity contribution < 1.29 is 23.8 Å². The van der Waals surface area contributed by atoms with E-state index in [9.17, 15) is 9.59 Å². The molecule has 3 aliphatic heterocycles. The lowest BCUT2D eigenvalue weighted by atomic mass is 9.90. The van der Waals surface area contributed by atoms with Crippen molar-refractivity contribution in [2.75, 3.05) is 46.6 Å². The number of carbonyl (C=O) groups excluding carboxylic acids is 2. The van der Waals surface area contributed by atoms with Crippen LogP contribution in [0.2, 0.25) is 0 Å². The standard InChI is InChI=1S/C19H28N4O5/c1-21-12-14(11-20-21)16-17(27-13-15(24)22(16)2)18(25)23-6-3-19(28-10-7-23)4-8-26-9-5-19/h11-12,16-17H,3-10,13H2,1-2H3/t16-,17+/m0/s1. The summed E-state index contributed by atoms with van der Waals surface area (Å²) in [6.45, 7) is 2.97. The molecule has 0 aromatic carbocycles. The summed E-state index contributed by atoms with van der Waals surface area (Å²) in [7, 11) is 3.52. The van der Waals surface area contributed by atoms with Crippen molar-refractivity contribution in [2.45, 2.75) is 37.0 Å². The molecular formula is C19H28N4O5. The zero-order valence-electron chi connectivity index (χ0n) is 16.5. The predicted octanol–water partition coefficient (Wildman–Crippen LogP) is 0.117. The number of carbonyl (C=O) groups is 2. The van der Waals surface area contributed by atoms with E-state index in [-0.39, 0.29) is 24.0 Å². The molecule has 1 aromatic rings. The minimum absolute atomic E-state index is 0.0880. The summed E-state index contributed by atoms with van der Waals surface area (Å²) >= 11 is 0. The number of rotatable bonds is 2. The van der Waals surface area contributed by atoms with Gasteiger partial charge in [0.25, 0.3) is 5.91 Å². The normalized spacial score (nSPS) is 28.4. The van der Waals surface area contributed by atoms with Crippen LogP contribution in [0.5, 0.6) is 0 Å². The van der Waals surface area contributed by atoms with Gasteiger partial charge in [-0.2, -0.15) is 5.10 Å². The van der Waals surface area contributed by atoms with E-state index < -0.39 is 12.1 Å². The van der Waals surface area contributed by atoms with Gasteiger partial charge >= 0.3 is 0 Å². The van der Waals surface area contributed by atoms with E-state index in [2.05, 4.69) is 5.10 Å². The maximum Gasteiger partial charge on any atom is 0.254 e. The fourth-order valence-corrected chi connectivity index (χ4v) is 4.34. The van der Waals surface area contributed by atoms with Crippen molar-refractivity contribution in [2.24, 2.45) is 7.05 Å². The van der Waals surface area contributed by atoms with E-state index in [0.29, 0.717) is 32.9 Å². The van der Waals surface area contributed by atoms with Crippen LogP contribution in [0.15, 0.2) is 12.4 Å². The van der Waals surface area contributed by atoms with Gasteiger partial charge in [-0.1, -0.05) is 0 Å². The Bertz CT molecular complexity index is 730. The lowest BCUT2D eigenvalue weighted by molar-refractivity contribution is -0.167. The second-order valence-electron chi connectivity index (χ2n) is 7.85. The quantitative estimate of drug-likeness (QED) is 0.711. The molecule has 4 rings (SSSR count). The van der Waals surface area contributed by atoms with Crippen molar-refractivity contribution >= 4 is 11.8 Å². The highest BCUT2D eigenvalue weighted by atomic mass is 16.5. The Morgan fingerprint density at radius 2 is 1.96 bits per heavy atom. The Morgan fingerprint density at radius 3 is 2.68 bits per heavy atom. The molecule has 9 heteroatoms. The molecule has 0 radical (unpaired) electrons. The number of aromatic nitrogens is 2. The molecule has 3 aliphatic rings. The number of hydrogen-bond donors (Lipinski definition) is 0. The monoisotopic (exact) mass is 392 g/mol. The summed E-state index contributed by atoms with van der Waals surface area (Å²) in [5, 5.41) is 4.20. The number of morpholine rings is 1. The number of amides is 2. The highest BCUT2D eigenvalue weighted by Gasteiger charge is 2.44. The van der Waals surface area contributed by atoms with Gasteiger partial charge in [-0.15, -0.1) is 0 Å². The first-order chi connectivity index (χ1) is 13.5. The zero-order chi connectivity index (χ0) is 19.7. The molecule has 28 heavy (non-hydrogen) atoms. The molecule has 4 heterocycles. The molecule has 0 unspecified atom stereocenters. The molecule has 1 aromatic heterocycles. The number of nitrogens with zero attached hydrogens (tertiary/aromatic N) is 4. The van der Waals surface area contributed by atoms with Gasteiger partial charge in [-0.3, -0.25) is 14.3 Å². The minimum Gasteiger partial charge on any atom is -0.381 e. The molecule has 2 amide bonds. The van der Waals surface area contributed by atoms with E-state index in [1.54, 1.807) is 22.8 Å². The van der Waals surface area contributed by atoms with Crippen LogP contribution in [0.1, 0.15) is 30.9 Å². The average Bonchev–Trinajstić information content (AvgIpc) is 3.02. The average molecular weight is 392 g/mol. The van der Waals surface area contributed by atoms with E-state index >= 15 is 0 Å². The topological polar surface area (TPSA) is 86.1 Å². The lowest BCUT2D eigenvalue weighted by Crippen LogP contribution is -2.54. The van der Waals surface area contributed by atoms with Crippen LogP contribution < -0.4 is 0 Å². The van der Waals surface area contributed by atoms with Crippen molar-refractivity contribution in [3.05, 3.63) is 18.0 Å². The molecule has 9 nitrogen and oxygen atoms in total. The van der Waals surface area contributed by atoms with Gasteiger partial charge in [0.1, 0.15) is 6.61 Å². The molecular weight excluding hydrogens is 364 g/mol. The maximum atomic E-state index is 13.4. The highest BCUT2D eigenvalue weighted by Crippen LogP contribution is 2.33. The molecule has 0 saturated carbocycles. The number of hydrogen-bond acceptors (Lipinski definition) is 6. The minimum atomic E-state index is -0.740. The van der Waals surface area contributed by atoms with Crippen LogP contribution in [0, 0.1) is 0 Å². The largest absolute Gasteiger partial charge is 0.381 e. The second kappa shape index (κ2) is 7.81. The SMILES string of the molecule is CN1C(=O)CO[C@@H](C(=O)N2CCOC3(CCOCC3)CC2)[C@@H]1c1cnn(C)c1. The maximum absolute atomic E-state index is 13.4. The van der Waals surface area contributed by atoms with Crippen LogP contribution >= 0.6 is 0 Å². The Hall–Kier alpha value is -1.97. The zero-order valence-corrected chi connectivity index (χ0v) is 16.5. The van der Waals surface area contributed by atoms with Crippen molar-refractivity contribution in [3.63, 3.8) is 0 Å². The molecule has 0 N–H and O–H groups in total. The van der Waals surface area contributed by atoms with Gasteiger partial charge in [0, 0.05) is 52.2 Å². The first-order valence-corrected chi connectivity index (χ1v) is 9.85. The number of ether oxygens (including phenoxy) is 3. The Kier molecular flexibility index (Phi) is 5.39. The fourth-order valence-electron chi connectivity index (χ4n) is 4.34. The summed E-state index contributed by atoms with van der Waals surface area (Å²) < 4.78 is 19.0. The Balaban J connectivity index is 1.51. The number of aryl methyl sites for hydroxylation is 1. The van der Waals surface area contributed by atoms with Crippen LogP contribution in [0.4, 0.5) is 0 Å². The van der Waals surface area contributed by atoms with Gasteiger partial charge < -0.3 is 24.0 Å². The summed E-state index contributed by atoms with van der Waals surface area (Å²) in [6, 6.07) is -0.483. The third kappa shape index (κ3) is 3.66. The molecule has 3 saturated heterocycles. The summed E-state index contributed by atoms with van der Waals surface area (Å²) in [4.78, 5) is 29.0. The van der Waals surface area contributed by atoms with Crippen LogP contribution in [0.3, 0.4) is 0 Å². The molecule has 2 atom stereocenters. The summed E-state index contributed by atoms with van der Waals surface area (Å²) in [5.74, 6) is -0.237. The smallest absolute Gasteiger partial charge is 0.254 e. The van der Waals surface area contributed by atoms with E-state index in [0.717, 1.165) is 24.8 Å². The van der Waals surface area contributed by atoms with Gasteiger partial charge in [0.15, 0.2) is 6.10 Å². The first-order valence-electron chi connectivity index (χ1n) is 9.85. The predicted molar refractivity (Wildman–Crippen MR) is 98.4 cm³/mol. The second-order valence-corrected chi connectivity index (χ2v) is 7.85. The number of likely N-dealkylation sites (N-methyl/N-ethyl adjacent to an activating group) is 1.